The Morgan fingerprint density at radius 1 is 0.872 bits per heavy atom. The summed E-state index contributed by atoms with van der Waals surface area (Å²) in [5.41, 5.74) is 5.03. The first kappa shape index (κ1) is 26.7. The van der Waals surface area contributed by atoms with Crippen molar-refractivity contribution in [2.45, 2.75) is 26.2 Å². The third kappa shape index (κ3) is 5.62. The fourth-order valence-corrected chi connectivity index (χ4v) is 4.40. The Hall–Kier alpha value is -3.89. The number of anilines is 1. The monoisotopic (exact) mass is 693 g/mol. The number of aromatic nitrogens is 3. The third-order valence-electron chi connectivity index (χ3n) is 6.49. The molecule has 0 unspecified atom stereocenters. The molecule has 0 spiro atoms. The molecular weight excluding hydrogens is 665 g/mol. The first-order valence-corrected chi connectivity index (χ1v) is 12.5. The number of fused-ring (bicyclic) bond motifs is 1. The van der Waals surface area contributed by atoms with E-state index in [9.17, 15) is 0 Å². The fourth-order valence-electron chi connectivity index (χ4n) is 4.40. The van der Waals surface area contributed by atoms with Gasteiger partial charge in [-0.05, 0) is 53.6 Å². The molecule has 0 atom stereocenters. The van der Waals surface area contributed by atoms with E-state index < -0.39 is 0 Å². The predicted molar refractivity (Wildman–Crippen MR) is 151 cm³/mol. The van der Waals surface area contributed by atoms with Gasteiger partial charge in [-0.25, -0.2) is 9.67 Å². The van der Waals surface area contributed by atoms with Gasteiger partial charge in [0, 0.05) is 45.0 Å². The first-order chi connectivity index (χ1) is 18.3. The number of hydrogen-bond donors (Lipinski definition) is 0. The molecular formula is C32H28N5OPt-3. The summed E-state index contributed by atoms with van der Waals surface area (Å²) in [6.45, 7) is 8.56. The summed E-state index contributed by atoms with van der Waals surface area (Å²) in [5, 5.41) is 5.56. The second kappa shape index (κ2) is 10.7. The van der Waals surface area contributed by atoms with Crippen molar-refractivity contribution in [1.82, 2.24) is 19.7 Å². The van der Waals surface area contributed by atoms with Crippen molar-refractivity contribution in [3.8, 4) is 28.4 Å². The minimum Gasteiger partial charge on any atom is -0.510 e. The molecule has 6 rings (SSSR count). The maximum absolute atomic E-state index is 6.36. The zero-order valence-corrected chi connectivity index (χ0v) is 24.5. The van der Waals surface area contributed by atoms with Gasteiger partial charge in [-0.1, -0.05) is 56.5 Å². The van der Waals surface area contributed by atoms with Gasteiger partial charge < -0.3 is 14.5 Å². The summed E-state index contributed by atoms with van der Waals surface area (Å²) in [7, 11) is 1.99. The Morgan fingerprint density at radius 2 is 1.69 bits per heavy atom. The number of nitrogens with zero attached hydrogens (tertiary/aromatic N) is 5. The topological polar surface area (TPSA) is 46.4 Å². The molecule has 3 aromatic carbocycles. The Kier molecular flexibility index (Phi) is 7.33. The molecule has 0 N–H and O–H groups in total. The Balaban J connectivity index is 0.00000308. The van der Waals surface area contributed by atoms with Gasteiger partial charge in [0.25, 0.3) is 0 Å². The van der Waals surface area contributed by atoms with Crippen molar-refractivity contribution in [3.05, 3.63) is 116 Å². The zero-order chi connectivity index (χ0) is 26.3. The van der Waals surface area contributed by atoms with E-state index in [1.807, 2.05) is 95.5 Å². The summed E-state index contributed by atoms with van der Waals surface area (Å²) < 4.78 is 8.18. The second-order valence-corrected chi connectivity index (χ2v) is 10.4. The van der Waals surface area contributed by atoms with Crippen LogP contribution in [0.5, 0.6) is 11.5 Å². The standard InChI is InChI=1S/C32H28N5O.Pt/c1-32(2,3)26-12-13-33-31(18-26)37-30-20-28(11-10-24(30)21-34-37)38-29-17-25(23-8-6-5-7-9-23)16-27(19-29)36-15-14-35(4)22-36;/h5-18,21-22H,1-4H3;/q-3;. The van der Waals surface area contributed by atoms with Crippen LogP contribution in [0.15, 0.2) is 91.5 Å². The van der Waals surface area contributed by atoms with Crippen LogP contribution < -0.4 is 9.64 Å². The second-order valence-electron chi connectivity index (χ2n) is 10.4. The summed E-state index contributed by atoms with van der Waals surface area (Å²) in [6.07, 6.45) is 7.65. The average molecular weight is 694 g/mol. The van der Waals surface area contributed by atoms with Crippen molar-refractivity contribution < 1.29 is 25.8 Å². The molecule has 3 heterocycles. The van der Waals surface area contributed by atoms with Crippen LogP contribution in [0.3, 0.4) is 0 Å². The molecule has 0 amide bonds. The first-order valence-electron chi connectivity index (χ1n) is 12.5. The van der Waals surface area contributed by atoms with Crippen LogP contribution in [-0.2, 0) is 26.5 Å². The van der Waals surface area contributed by atoms with Crippen LogP contribution in [0.1, 0.15) is 26.3 Å². The summed E-state index contributed by atoms with van der Waals surface area (Å²) in [6, 6.07) is 29.2. The van der Waals surface area contributed by atoms with E-state index >= 15 is 0 Å². The molecule has 1 aliphatic heterocycles. The van der Waals surface area contributed by atoms with Gasteiger partial charge in [-0.2, -0.15) is 17.8 Å². The van der Waals surface area contributed by atoms with E-state index in [0.29, 0.717) is 11.5 Å². The molecule has 39 heavy (non-hydrogen) atoms. The minimum atomic E-state index is 0. The molecule has 0 saturated heterocycles. The van der Waals surface area contributed by atoms with Crippen molar-refractivity contribution in [2.24, 2.45) is 0 Å². The minimum absolute atomic E-state index is 0. The molecule has 1 aliphatic rings. The van der Waals surface area contributed by atoms with E-state index in [2.05, 4.69) is 67.3 Å². The molecule has 2 aromatic heterocycles. The Morgan fingerprint density at radius 3 is 2.44 bits per heavy atom. The predicted octanol–water partition coefficient (Wildman–Crippen LogP) is 7.12. The molecule has 7 heteroatoms. The molecule has 200 valence electrons. The van der Waals surface area contributed by atoms with E-state index in [-0.39, 0.29) is 26.5 Å². The molecule has 0 saturated carbocycles. The van der Waals surface area contributed by atoms with Crippen LogP contribution in [0.2, 0.25) is 0 Å². The number of ether oxygens (including phenoxy) is 1. The SMILES string of the molecule is CN1C=CN(c2[c-]c(Oc3[c-]c4c(cc3)cnn4-c3cc(C(C)(C)C)ccn3)cc(-c3ccccc3)c2)[CH-]1.[Pt]. The van der Waals surface area contributed by atoms with Crippen LogP contribution in [-0.4, -0.2) is 26.7 Å². The van der Waals surface area contributed by atoms with E-state index in [1.165, 1.54) is 5.56 Å². The fraction of sp³-hybridized carbons (Fsp3) is 0.156. The average Bonchev–Trinajstić information content (AvgIpc) is 3.55. The summed E-state index contributed by atoms with van der Waals surface area (Å²) in [5.74, 6) is 1.94. The molecule has 0 radical (unpaired) electrons. The molecule has 6 nitrogen and oxygen atoms in total. The smallest absolute Gasteiger partial charge is 0.151 e. The molecule has 0 aliphatic carbocycles. The maximum Gasteiger partial charge on any atom is 0.151 e. The van der Waals surface area contributed by atoms with Crippen molar-refractivity contribution in [1.29, 1.82) is 0 Å². The normalized spacial score (nSPS) is 13.1. The molecule has 0 fully saturated rings. The van der Waals surface area contributed by atoms with Crippen LogP contribution >= 0.6 is 0 Å². The number of pyridine rings is 1. The van der Waals surface area contributed by atoms with Crippen LogP contribution in [0.25, 0.3) is 27.8 Å². The third-order valence-corrected chi connectivity index (χ3v) is 6.49. The Bertz CT molecular complexity index is 1640. The number of benzene rings is 3. The molecule has 0 bridgehead atoms. The van der Waals surface area contributed by atoms with Gasteiger partial charge in [0.15, 0.2) is 5.82 Å². The number of hydrogen-bond acceptors (Lipinski definition) is 5. The van der Waals surface area contributed by atoms with Gasteiger partial charge in [-0.15, -0.1) is 41.6 Å². The zero-order valence-electron chi connectivity index (χ0n) is 22.2. The van der Waals surface area contributed by atoms with Gasteiger partial charge in [0.05, 0.1) is 0 Å². The Labute approximate surface area is 243 Å². The van der Waals surface area contributed by atoms with Crippen molar-refractivity contribution in [2.75, 3.05) is 11.9 Å². The van der Waals surface area contributed by atoms with Gasteiger partial charge in [0.2, 0.25) is 0 Å². The van der Waals surface area contributed by atoms with E-state index in [4.69, 9.17) is 4.74 Å². The van der Waals surface area contributed by atoms with Crippen LogP contribution in [0.4, 0.5) is 5.69 Å². The summed E-state index contributed by atoms with van der Waals surface area (Å²) in [4.78, 5) is 8.60. The maximum atomic E-state index is 6.36. The van der Waals surface area contributed by atoms with Gasteiger partial charge in [-0.3, -0.25) is 0 Å². The molecule has 5 aromatic rings. The van der Waals surface area contributed by atoms with Crippen molar-refractivity contribution in [3.63, 3.8) is 0 Å². The largest absolute Gasteiger partial charge is 0.510 e. The van der Waals surface area contributed by atoms with Gasteiger partial charge >= 0.3 is 0 Å². The quantitative estimate of drug-likeness (QED) is 0.184. The van der Waals surface area contributed by atoms with E-state index in [1.54, 1.807) is 0 Å². The van der Waals surface area contributed by atoms with Crippen LogP contribution in [0, 0.1) is 18.8 Å². The van der Waals surface area contributed by atoms with Crippen molar-refractivity contribution >= 4 is 16.6 Å². The van der Waals surface area contributed by atoms with Gasteiger partial charge in [0.1, 0.15) is 0 Å². The summed E-state index contributed by atoms with van der Waals surface area (Å²) >= 11 is 0. The van der Waals surface area contributed by atoms with E-state index in [0.717, 1.165) is 33.5 Å². The number of rotatable bonds is 5.